The molecule has 2 N–H and O–H groups in total. The summed E-state index contributed by atoms with van der Waals surface area (Å²) in [4.78, 5) is 0. The van der Waals surface area contributed by atoms with Crippen molar-refractivity contribution in [3.63, 3.8) is 0 Å². The molecule has 2 aromatic carbocycles. The second-order valence-corrected chi connectivity index (χ2v) is 14.7. The Morgan fingerprint density at radius 3 is 1.11 bits per heavy atom. The van der Waals surface area contributed by atoms with Crippen molar-refractivity contribution >= 4 is 24.4 Å². The van der Waals surface area contributed by atoms with E-state index in [9.17, 15) is 0 Å². The van der Waals surface area contributed by atoms with Crippen LogP contribution in [0.4, 0.5) is 0 Å². The van der Waals surface area contributed by atoms with Gasteiger partial charge in [-0.15, -0.1) is 0 Å². The first kappa shape index (κ1) is 19.2. The zero-order chi connectivity index (χ0) is 14.3. The van der Waals surface area contributed by atoms with Crippen LogP contribution in [0.3, 0.4) is 0 Å². The van der Waals surface area contributed by atoms with Gasteiger partial charge >= 0.3 is 43.0 Å². The Hall–Kier alpha value is 0.203. The maximum atomic E-state index is 8.54. The topological polar surface area (TPSA) is 40.5 Å². The summed E-state index contributed by atoms with van der Waals surface area (Å²) < 4.78 is 0. The third kappa shape index (κ3) is 11.7. The van der Waals surface area contributed by atoms with Crippen molar-refractivity contribution < 1.29 is 28.7 Å². The molecule has 0 aliphatic carbocycles. The van der Waals surface area contributed by atoms with Crippen LogP contribution < -0.4 is 0 Å². The van der Waals surface area contributed by atoms with E-state index in [1.807, 2.05) is 60.7 Å². The second kappa shape index (κ2) is 14.6. The van der Waals surface area contributed by atoms with Crippen molar-refractivity contribution in [2.45, 2.75) is 13.2 Å². The molecule has 0 spiro atoms. The summed E-state index contributed by atoms with van der Waals surface area (Å²) in [6.07, 6.45) is 0. The van der Waals surface area contributed by atoms with Crippen LogP contribution in [0.2, 0.25) is 0 Å². The quantitative estimate of drug-likeness (QED) is 0.700. The van der Waals surface area contributed by atoms with Crippen LogP contribution in [0.5, 0.6) is 0 Å². The molecule has 0 aromatic heterocycles. The van der Waals surface area contributed by atoms with Crippen LogP contribution in [-0.2, 0) is 31.8 Å². The molecular formula is C14H16Br2O2Zr. The Balaban J connectivity index is 0.000000284. The van der Waals surface area contributed by atoms with E-state index in [0.717, 1.165) is 11.1 Å². The third-order valence-electron chi connectivity index (χ3n) is 2.05. The van der Waals surface area contributed by atoms with Gasteiger partial charge in [-0.05, 0) is 11.1 Å². The van der Waals surface area contributed by atoms with Crippen LogP contribution in [0.25, 0.3) is 0 Å². The first-order chi connectivity index (χ1) is 9.28. The summed E-state index contributed by atoms with van der Waals surface area (Å²) in [7, 11) is 0. The fraction of sp³-hybridized carbons (Fsp3) is 0.143. The number of benzene rings is 2. The molecule has 0 saturated heterocycles. The molecule has 19 heavy (non-hydrogen) atoms. The van der Waals surface area contributed by atoms with E-state index >= 15 is 0 Å². The molecule has 0 saturated carbocycles. The van der Waals surface area contributed by atoms with Gasteiger partial charge in [0.2, 0.25) is 0 Å². The van der Waals surface area contributed by atoms with Crippen LogP contribution in [-0.4, -0.2) is 10.2 Å². The van der Waals surface area contributed by atoms with Gasteiger partial charge in [-0.25, -0.2) is 0 Å². The summed E-state index contributed by atoms with van der Waals surface area (Å²) in [5.74, 6) is 0. The van der Waals surface area contributed by atoms with Crippen LogP contribution in [0.1, 0.15) is 11.1 Å². The Labute approximate surface area is 137 Å². The molecule has 0 radical (unpaired) electrons. The van der Waals surface area contributed by atoms with E-state index in [-0.39, 0.29) is 31.8 Å². The van der Waals surface area contributed by atoms with Crippen molar-refractivity contribution in [2.24, 2.45) is 0 Å². The molecule has 2 rings (SSSR count). The van der Waals surface area contributed by atoms with Crippen molar-refractivity contribution in [3.05, 3.63) is 71.8 Å². The predicted molar refractivity (Wildman–Crippen MR) is 82.6 cm³/mol. The van der Waals surface area contributed by atoms with Crippen LogP contribution >= 0.6 is 24.4 Å². The van der Waals surface area contributed by atoms with E-state index in [0.29, 0.717) is 0 Å². The van der Waals surface area contributed by atoms with Gasteiger partial charge in [0.1, 0.15) is 0 Å². The number of hydrogen-bond donors (Lipinski definition) is 2. The Morgan fingerprint density at radius 2 is 0.947 bits per heavy atom. The van der Waals surface area contributed by atoms with Crippen molar-refractivity contribution in [3.8, 4) is 0 Å². The average Bonchev–Trinajstić information content (AvgIpc) is 2.50. The molecule has 0 aliphatic rings. The third-order valence-corrected chi connectivity index (χ3v) is 2.05. The summed E-state index contributed by atoms with van der Waals surface area (Å²) in [5, 5.41) is 17.1. The number of halogens is 2. The van der Waals surface area contributed by atoms with Gasteiger partial charge in [0.15, 0.2) is 0 Å². The fourth-order valence-corrected chi connectivity index (χ4v) is 1.17. The van der Waals surface area contributed by atoms with E-state index in [1.165, 1.54) is 0 Å². The number of aliphatic hydroxyl groups is 2. The Bertz CT molecular complexity index is 359. The van der Waals surface area contributed by atoms with Gasteiger partial charge in [0, 0.05) is 0 Å². The van der Waals surface area contributed by atoms with Crippen LogP contribution in [0, 0.1) is 0 Å². The molecule has 0 heterocycles. The number of hydrogen-bond acceptors (Lipinski definition) is 2. The minimum absolute atomic E-state index is 0.140. The molecule has 0 amide bonds. The summed E-state index contributed by atoms with van der Waals surface area (Å²) in [6.45, 7) is 0.279. The van der Waals surface area contributed by atoms with Gasteiger partial charge in [0.05, 0.1) is 13.2 Å². The molecule has 102 valence electrons. The SMILES string of the molecule is OCc1ccccc1.OCc1ccccc1.[Br][Zr][Br]. The normalized spacial score (nSPS) is 8.42. The van der Waals surface area contributed by atoms with E-state index in [1.54, 1.807) is 0 Å². The van der Waals surface area contributed by atoms with Crippen molar-refractivity contribution in [1.29, 1.82) is 0 Å². The predicted octanol–water partition coefficient (Wildman–Crippen LogP) is 4.05. The van der Waals surface area contributed by atoms with E-state index in [2.05, 4.69) is 24.4 Å². The number of aliphatic hydroxyl groups excluding tert-OH is 2. The molecule has 0 bridgehead atoms. The van der Waals surface area contributed by atoms with Gasteiger partial charge in [-0.1, -0.05) is 60.7 Å². The van der Waals surface area contributed by atoms with Gasteiger partial charge in [-0.3, -0.25) is 0 Å². The van der Waals surface area contributed by atoms with E-state index in [4.69, 9.17) is 10.2 Å². The first-order valence-corrected chi connectivity index (χ1v) is 16.8. The van der Waals surface area contributed by atoms with Gasteiger partial charge in [-0.2, -0.15) is 0 Å². The van der Waals surface area contributed by atoms with Crippen molar-refractivity contribution in [2.75, 3.05) is 0 Å². The standard InChI is InChI=1S/2C7H8O.2BrH.Zr/c2*8-6-7-4-2-1-3-5-7;;;/h2*1-5,8H,6H2;2*1H;/q;;;;+2/p-2. The minimum atomic E-state index is -0.145. The fourth-order valence-electron chi connectivity index (χ4n) is 1.17. The summed E-state index contributed by atoms with van der Waals surface area (Å²) in [6, 6.07) is 19.0. The molecule has 0 fully saturated rings. The second-order valence-electron chi connectivity index (χ2n) is 3.36. The van der Waals surface area contributed by atoms with E-state index < -0.39 is 0 Å². The summed E-state index contributed by atoms with van der Waals surface area (Å²) >= 11 is 6.32. The van der Waals surface area contributed by atoms with Crippen LogP contribution in [0.15, 0.2) is 60.7 Å². The number of rotatable bonds is 2. The molecule has 0 atom stereocenters. The molecule has 0 aliphatic heterocycles. The maximum absolute atomic E-state index is 8.54. The molecular weight excluding hydrogens is 451 g/mol. The van der Waals surface area contributed by atoms with Gasteiger partial charge in [0.25, 0.3) is 0 Å². The Morgan fingerprint density at radius 1 is 0.684 bits per heavy atom. The Kier molecular flexibility index (Phi) is 14.8. The zero-order valence-corrected chi connectivity index (χ0v) is 16.0. The molecule has 5 heteroatoms. The molecule has 2 aromatic rings. The monoisotopic (exact) mass is 464 g/mol. The molecule has 0 unspecified atom stereocenters. The summed E-state index contributed by atoms with van der Waals surface area (Å²) in [5.41, 5.74) is 1.93. The average molecular weight is 467 g/mol. The zero-order valence-electron chi connectivity index (χ0n) is 10.3. The molecule has 2 nitrogen and oxygen atoms in total. The van der Waals surface area contributed by atoms with Crippen molar-refractivity contribution in [1.82, 2.24) is 0 Å². The first-order valence-electron chi connectivity index (χ1n) is 5.54. The van der Waals surface area contributed by atoms with Gasteiger partial charge < -0.3 is 10.2 Å².